The first-order valence-corrected chi connectivity index (χ1v) is 20.8. The summed E-state index contributed by atoms with van der Waals surface area (Å²) in [6.45, 7) is 4.85. The Hall–Kier alpha value is -7.22. The predicted octanol–water partition coefficient (Wildman–Crippen LogP) is 15.1. The van der Waals surface area contributed by atoms with E-state index in [-0.39, 0.29) is 5.41 Å². The van der Waals surface area contributed by atoms with Gasteiger partial charge in [-0.3, -0.25) is 0 Å². The molecule has 3 aliphatic carbocycles. The van der Waals surface area contributed by atoms with Crippen molar-refractivity contribution in [3.63, 3.8) is 0 Å². The summed E-state index contributed by atoms with van der Waals surface area (Å²) in [5.41, 5.74) is 24.1. The van der Waals surface area contributed by atoms with Gasteiger partial charge in [-0.2, -0.15) is 0 Å². The molecule has 0 unspecified atom stereocenters. The molecule has 1 nitrogen and oxygen atoms in total. The molecule has 9 aromatic rings. The van der Waals surface area contributed by atoms with Gasteiger partial charge in [0.15, 0.2) is 0 Å². The van der Waals surface area contributed by atoms with E-state index in [0.717, 1.165) is 17.1 Å². The number of nitrogens with zero attached hydrogens (tertiary/aromatic N) is 1. The van der Waals surface area contributed by atoms with Gasteiger partial charge in [0.25, 0.3) is 0 Å². The Balaban J connectivity index is 1.09. The van der Waals surface area contributed by atoms with Gasteiger partial charge in [-0.1, -0.05) is 184 Å². The Morgan fingerprint density at radius 1 is 0.305 bits per heavy atom. The third-order valence-corrected chi connectivity index (χ3v) is 13.5. The van der Waals surface area contributed by atoms with E-state index in [2.05, 4.69) is 231 Å². The molecule has 278 valence electrons. The molecule has 1 heteroatoms. The molecule has 0 N–H and O–H groups in total. The molecule has 0 heterocycles. The van der Waals surface area contributed by atoms with Crippen molar-refractivity contribution < 1.29 is 0 Å². The second-order valence-electron chi connectivity index (χ2n) is 16.8. The van der Waals surface area contributed by atoms with Crippen molar-refractivity contribution in [3.05, 3.63) is 246 Å². The van der Waals surface area contributed by atoms with E-state index in [9.17, 15) is 0 Å². The highest BCUT2D eigenvalue weighted by Crippen LogP contribution is 2.67. The van der Waals surface area contributed by atoms with Crippen LogP contribution in [0.15, 0.2) is 212 Å². The highest BCUT2D eigenvalue weighted by Gasteiger charge is 2.54. The summed E-state index contributed by atoms with van der Waals surface area (Å²) in [6.07, 6.45) is 0. The van der Waals surface area contributed by atoms with E-state index in [4.69, 9.17) is 0 Å². The van der Waals surface area contributed by atoms with Crippen molar-refractivity contribution in [1.29, 1.82) is 0 Å². The Labute approximate surface area is 346 Å². The topological polar surface area (TPSA) is 3.24 Å². The van der Waals surface area contributed by atoms with Crippen molar-refractivity contribution in [1.82, 2.24) is 0 Å². The van der Waals surface area contributed by atoms with Crippen LogP contribution in [0.5, 0.6) is 0 Å². The molecule has 0 bridgehead atoms. The summed E-state index contributed by atoms with van der Waals surface area (Å²) in [6, 6.07) is 78.8. The van der Waals surface area contributed by atoms with Gasteiger partial charge < -0.3 is 4.90 Å². The smallest absolute Gasteiger partial charge is 0.0725 e. The van der Waals surface area contributed by atoms with Gasteiger partial charge in [-0.25, -0.2) is 0 Å². The van der Waals surface area contributed by atoms with Crippen LogP contribution in [0.25, 0.3) is 55.6 Å². The second kappa shape index (κ2) is 12.6. The number of para-hydroxylation sites is 1. The van der Waals surface area contributed by atoms with Gasteiger partial charge in [0, 0.05) is 22.5 Å². The molecule has 0 aliphatic heterocycles. The zero-order valence-corrected chi connectivity index (χ0v) is 33.2. The number of hydrogen-bond donors (Lipinski definition) is 0. The van der Waals surface area contributed by atoms with Crippen LogP contribution in [0.2, 0.25) is 0 Å². The normalized spacial score (nSPS) is 14.2. The van der Waals surface area contributed by atoms with Crippen LogP contribution >= 0.6 is 0 Å². The van der Waals surface area contributed by atoms with Crippen LogP contribution < -0.4 is 4.90 Å². The fourth-order valence-electron chi connectivity index (χ4n) is 11.0. The molecule has 0 radical (unpaired) electrons. The monoisotopic (exact) mass is 751 g/mol. The minimum Gasteiger partial charge on any atom is -0.311 e. The van der Waals surface area contributed by atoms with Crippen molar-refractivity contribution in [2.75, 3.05) is 4.90 Å². The molecule has 0 saturated carbocycles. The molecule has 12 rings (SSSR count). The molecule has 0 amide bonds. The molecule has 0 saturated heterocycles. The number of benzene rings is 9. The maximum atomic E-state index is 2.59. The predicted molar refractivity (Wildman–Crippen MR) is 246 cm³/mol. The van der Waals surface area contributed by atoms with E-state index in [1.165, 1.54) is 89.0 Å². The summed E-state index contributed by atoms with van der Waals surface area (Å²) < 4.78 is 0. The maximum Gasteiger partial charge on any atom is 0.0725 e. The average molecular weight is 752 g/mol. The summed E-state index contributed by atoms with van der Waals surface area (Å²) >= 11 is 0. The van der Waals surface area contributed by atoms with Crippen molar-refractivity contribution in [2.24, 2.45) is 0 Å². The first-order valence-electron chi connectivity index (χ1n) is 20.8. The van der Waals surface area contributed by atoms with Crippen LogP contribution in [0.4, 0.5) is 17.1 Å². The third kappa shape index (κ3) is 4.67. The molecule has 0 aromatic heterocycles. The average Bonchev–Trinajstić information content (AvgIpc) is 3.86. The lowest BCUT2D eigenvalue weighted by atomic mass is 9.69. The summed E-state index contributed by atoms with van der Waals surface area (Å²) in [5.74, 6) is 0. The number of anilines is 3. The fraction of sp³-hybridized carbons (Fsp3) is 0.0690. The summed E-state index contributed by atoms with van der Waals surface area (Å²) in [7, 11) is 0. The fourth-order valence-corrected chi connectivity index (χ4v) is 11.0. The van der Waals surface area contributed by atoms with Crippen LogP contribution in [0.3, 0.4) is 0 Å². The molecule has 9 aromatic carbocycles. The number of fused-ring (bicyclic) bond motifs is 14. The van der Waals surface area contributed by atoms with Gasteiger partial charge in [-0.15, -0.1) is 0 Å². The largest absolute Gasteiger partial charge is 0.311 e. The maximum absolute atomic E-state index is 2.59. The standard InChI is InChI=1S/C58H41N/c1-57(2)49-25-13-11-23-46(49)55-54-47-24-12-16-28-52(47)58(50-26-14-9-21-44(50)45-22-10-15-27-51(45)58)53(54)37-48(56(55)57)40-31-35-43(36-32-40)59(41-19-7-4-8-20-41)42-33-29-39(30-34-42)38-17-5-3-6-18-38/h3-37H,1-2H3. The van der Waals surface area contributed by atoms with E-state index in [1.54, 1.807) is 0 Å². The second-order valence-corrected chi connectivity index (χ2v) is 16.8. The molecular formula is C58H41N. The number of hydrogen-bond acceptors (Lipinski definition) is 1. The van der Waals surface area contributed by atoms with Gasteiger partial charge in [-0.05, 0) is 131 Å². The lowest BCUT2D eigenvalue weighted by Crippen LogP contribution is -2.26. The van der Waals surface area contributed by atoms with E-state index in [0.29, 0.717) is 0 Å². The summed E-state index contributed by atoms with van der Waals surface area (Å²) in [5, 5.41) is 0. The van der Waals surface area contributed by atoms with Crippen LogP contribution in [0.1, 0.15) is 47.2 Å². The Kier molecular flexibility index (Phi) is 7.26. The quantitative estimate of drug-likeness (QED) is 0.169. The van der Waals surface area contributed by atoms with E-state index in [1.807, 2.05) is 0 Å². The van der Waals surface area contributed by atoms with Gasteiger partial charge in [0.05, 0.1) is 5.41 Å². The Bertz CT molecular complexity index is 3050. The molecule has 0 atom stereocenters. The first-order chi connectivity index (χ1) is 29.0. The van der Waals surface area contributed by atoms with Crippen LogP contribution in [-0.2, 0) is 10.8 Å². The molecular weight excluding hydrogens is 711 g/mol. The molecule has 1 spiro atoms. The van der Waals surface area contributed by atoms with Crippen molar-refractivity contribution in [2.45, 2.75) is 24.7 Å². The minimum atomic E-state index is -0.430. The highest BCUT2D eigenvalue weighted by molar-refractivity contribution is 6.05. The third-order valence-electron chi connectivity index (χ3n) is 13.5. The molecule has 0 fully saturated rings. The zero-order chi connectivity index (χ0) is 39.3. The van der Waals surface area contributed by atoms with Crippen LogP contribution in [-0.4, -0.2) is 0 Å². The molecule has 3 aliphatic rings. The highest BCUT2D eigenvalue weighted by atomic mass is 15.1. The van der Waals surface area contributed by atoms with Crippen LogP contribution in [0, 0.1) is 0 Å². The first kappa shape index (κ1) is 33.9. The van der Waals surface area contributed by atoms with Gasteiger partial charge >= 0.3 is 0 Å². The van der Waals surface area contributed by atoms with E-state index >= 15 is 0 Å². The number of rotatable bonds is 5. The van der Waals surface area contributed by atoms with Crippen molar-refractivity contribution in [3.8, 4) is 55.6 Å². The Morgan fingerprint density at radius 3 is 1.29 bits per heavy atom. The molecule has 59 heavy (non-hydrogen) atoms. The van der Waals surface area contributed by atoms with Crippen molar-refractivity contribution >= 4 is 17.1 Å². The summed E-state index contributed by atoms with van der Waals surface area (Å²) in [4.78, 5) is 2.36. The SMILES string of the molecule is CC1(C)c2ccccc2-c2c3c(cc(-c4ccc(N(c5ccccc5)c5ccc(-c6ccccc6)cc5)cc4)c21)C1(c2ccccc2-c2ccccc21)c1ccccc1-3. The minimum absolute atomic E-state index is 0.207. The van der Waals surface area contributed by atoms with Gasteiger partial charge in [0.2, 0.25) is 0 Å². The lowest BCUT2D eigenvalue weighted by molar-refractivity contribution is 0.661. The van der Waals surface area contributed by atoms with Gasteiger partial charge in [0.1, 0.15) is 0 Å². The van der Waals surface area contributed by atoms with E-state index < -0.39 is 5.41 Å². The Morgan fingerprint density at radius 2 is 0.712 bits per heavy atom. The zero-order valence-electron chi connectivity index (χ0n) is 33.2. The lowest BCUT2D eigenvalue weighted by Gasteiger charge is -2.32.